The maximum absolute atomic E-state index is 14.0. The average molecular weight is 568 g/mol. The highest BCUT2D eigenvalue weighted by Crippen LogP contribution is 2.39. The molecule has 0 saturated carbocycles. The molecule has 2 N–H and O–H groups in total. The summed E-state index contributed by atoms with van der Waals surface area (Å²) in [6.07, 6.45) is 0. The van der Waals surface area contributed by atoms with E-state index in [1.165, 1.54) is 30.5 Å². The van der Waals surface area contributed by atoms with Gasteiger partial charge in [0.05, 0.1) is 25.6 Å². The maximum Gasteiger partial charge on any atom is 0.261 e. The zero-order chi connectivity index (χ0) is 28.9. The first-order valence-corrected chi connectivity index (χ1v) is 13.6. The van der Waals surface area contributed by atoms with E-state index in [0.29, 0.717) is 52.3 Å². The van der Waals surface area contributed by atoms with Gasteiger partial charge in [-0.05, 0) is 62.0 Å². The molecule has 1 aromatic heterocycles. The Hall–Kier alpha value is -4.25. The van der Waals surface area contributed by atoms with Crippen LogP contribution in [-0.2, 0) is 9.59 Å². The number of thiophene rings is 1. The molecule has 1 aliphatic rings. The van der Waals surface area contributed by atoms with Crippen LogP contribution in [0.1, 0.15) is 42.0 Å². The van der Waals surface area contributed by atoms with E-state index in [1.807, 2.05) is 20.8 Å². The first kappa shape index (κ1) is 28.8. The molecule has 0 fully saturated rings. The first-order chi connectivity index (χ1) is 19.1. The number of carbonyl (C=O) groups is 3. The third kappa shape index (κ3) is 6.66. The van der Waals surface area contributed by atoms with Crippen molar-refractivity contribution in [2.75, 3.05) is 38.9 Å². The van der Waals surface area contributed by atoms with Gasteiger partial charge < -0.3 is 29.6 Å². The first-order valence-electron chi connectivity index (χ1n) is 12.7. The summed E-state index contributed by atoms with van der Waals surface area (Å²) in [7, 11) is 3.01. The zero-order valence-corrected chi connectivity index (χ0v) is 23.9. The van der Waals surface area contributed by atoms with Crippen molar-refractivity contribution >= 4 is 34.7 Å². The molecule has 1 atom stereocenters. The van der Waals surface area contributed by atoms with Gasteiger partial charge in [-0.25, -0.2) is 0 Å². The van der Waals surface area contributed by atoms with Crippen molar-refractivity contribution in [3.8, 4) is 23.0 Å². The predicted octanol–water partition coefficient (Wildman–Crippen LogP) is 3.96. The highest BCUT2D eigenvalue weighted by molar-refractivity contribution is 7.12. The largest absolute Gasteiger partial charge is 0.493 e. The highest BCUT2D eigenvalue weighted by atomic mass is 32.1. The lowest BCUT2D eigenvalue weighted by Gasteiger charge is -2.34. The van der Waals surface area contributed by atoms with Crippen molar-refractivity contribution in [3.63, 3.8) is 0 Å². The molecule has 40 heavy (non-hydrogen) atoms. The van der Waals surface area contributed by atoms with E-state index in [0.717, 1.165) is 0 Å². The van der Waals surface area contributed by atoms with E-state index in [1.54, 1.807) is 53.9 Å². The van der Waals surface area contributed by atoms with Crippen LogP contribution in [0, 0.1) is 0 Å². The van der Waals surface area contributed by atoms with Gasteiger partial charge in [0, 0.05) is 17.3 Å². The Morgan fingerprint density at radius 2 is 1.70 bits per heavy atom. The Morgan fingerprint density at radius 1 is 0.975 bits per heavy atom. The van der Waals surface area contributed by atoms with E-state index >= 15 is 0 Å². The van der Waals surface area contributed by atoms with Crippen LogP contribution in [0.5, 0.6) is 23.0 Å². The second-order valence-electron chi connectivity index (χ2n) is 10.0. The van der Waals surface area contributed by atoms with Crippen molar-refractivity contribution in [1.82, 2.24) is 10.6 Å². The Bertz CT molecular complexity index is 1370. The molecular weight excluding hydrogens is 534 g/mol. The van der Waals surface area contributed by atoms with Gasteiger partial charge in [-0.3, -0.25) is 19.3 Å². The summed E-state index contributed by atoms with van der Waals surface area (Å²) in [4.78, 5) is 42.4. The fraction of sp³-hybridized carbons (Fsp3) is 0.345. The monoisotopic (exact) mass is 567 g/mol. The smallest absolute Gasteiger partial charge is 0.261 e. The number of anilines is 1. The molecule has 2 aromatic carbocycles. The number of fused-ring (bicyclic) bond motifs is 1. The number of amides is 3. The van der Waals surface area contributed by atoms with Crippen LogP contribution in [0.4, 0.5) is 5.69 Å². The van der Waals surface area contributed by atoms with Gasteiger partial charge in [0.2, 0.25) is 11.8 Å². The molecular formula is C29H33N3O7S. The second kappa shape index (κ2) is 12.3. The summed E-state index contributed by atoms with van der Waals surface area (Å²) in [6.45, 7) is 5.98. The van der Waals surface area contributed by atoms with Crippen LogP contribution in [0.15, 0.2) is 53.9 Å². The number of benzene rings is 2. The van der Waals surface area contributed by atoms with Gasteiger partial charge in [0.15, 0.2) is 23.0 Å². The van der Waals surface area contributed by atoms with E-state index in [4.69, 9.17) is 18.9 Å². The molecule has 11 heteroatoms. The van der Waals surface area contributed by atoms with Gasteiger partial charge in [0.1, 0.15) is 19.3 Å². The van der Waals surface area contributed by atoms with Crippen LogP contribution in [0.2, 0.25) is 0 Å². The van der Waals surface area contributed by atoms with Crippen LogP contribution in [-0.4, -0.2) is 57.2 Å². The lowest BCUT2D eigenvalue weighted by molar-refractivity contribution is -0.127. The molecule has 1 aliphatic heterocycles. The van der Waals surface area contributed by atoms with E-state index in [-0.39, 0.29) is 12.5 Å². The Balaban J connectivity index is 1.80. The molecule has 4 rings (SSSR count). The van der Waals surface area contributed by atoms with Crippen molar-refractivity contribution in [3.05, 3.63) is 64.4 Å². The number of methoxy groups -OCH3 is 2. The standard InChI is InChI=1S/C29H33N3O7S/c1-29(2,3)31-28(35)26(18-8-10-20(36-4)22(15-18)37-5)32(19-9-11-21-23(16-19)39-13-12-38-21)25(33)17-30-27(34)24-7-6-14-40-24/h6-11,14-16,26H,12-13,17H2,1-5H3,(H,30,34)(H,31,35). The third-order valence-electron chi connectivity index (χ3n) is 5.95. The molecule has 0 aliphatic carbocycles. The molecule has 212 valence electrons. The van der Waals surface area contributed by atoms with E-state index in [2.05, 4.69) is 10.6 Å². The normalized spacial score (nSPS) is 13.1. The highest BCUT2D eigenvalue weighted by Gasteiger charge is 2.36. The number of nitrogens with one attached hydrogen (secondary N) is 2. The van der Waals surface area contributed by atoms with Gasteiger partial charge in [-0.2, -0.15) is 0 Å². The molecule has 3 amide bonds. The van der Waals surface area contributed by atoms with Crippen LogP contribution >= 0.6 is 11.3 Å². The summed E-state index contributed by atoms with van der Waals surface area (Å²) < 4.78 is 22.3. The molecule has 0 bridgehead atoms. The van der Waals surface area contributed by atoms with Gasteiger partial charge in [-0.1, -0.05) is 12.1 Å². The van der Waals surface area contributed by atoms with Crippen molar-refractivity contribution < 1.29 is 33.3 Å². The summed E-state index contributed by atoms with van der Waals surface area (Å²) >= 11 is 1.27. The van der Waals surface area contributed by atoms with Crippen LogP contribution < -0.4 is 34.5 Å². The molecule has 0 spiro atoms. The predicted molar refractivity (Wildman–Crippen MR) is 152 cm³/mol. The molecule has 10 nitrogen and oxygen atoms in total. The fourth-order valence-corrected chi connectivity index (χ4v) is 4.87. The Morgan fingerprint density at radius 3 is 2.35 bits per heavy atom. The average Bonchev–Trinajstić information content (AvgIpc) is 3.48. The number of nitrogens with zero attached hydrogens (tertiary/aromatic N) is 1. The summed E-state index contributed by atoms with van der Waals surface area (Å²) in [5.74, 6) is 0.544. The summed E-state index contributed by atoms with van der Waals surface area (Å²) in [6, 6.07) is 12.4. The van der Waals surface area contributed by atoms with Gasteiger partial charge in [0.25, 0.3) is 5.91 Å². The minimum Gasteiger partial charge on any atom is -0.493 e. The van der Waals surface area contributed by atoms with E-state index < -0.39 is 23.4 Å². The molecule has 0 saturated heterocycles. The lowest BCUT2D eigenvalue weighted by atomic mass is 10.00. The summed E-state index contributed by atoms with van der Waals surface area (Å²) in [5.41, 5.74) is 0.275. The minimum atomic E-state index is -1.13. The minimum absolute atomic E-state index is 0.349. The summed E-state index contributed by atoms with van der Waals surface area (Å²) in [5, 5.41) is 7.45. The van der Waals surface area contributed by atoms with Gasteiger partial charge >= 0.3 is 0 Å². The Kier molecular flexibility index (Phi) is 8.83. The molecule has 2 heterocycles. The van der Waals surface area contributed by atoms with Crippen LogP contribution in [0.25, 0.3) is 0 Å². The topological polar surface area (TPSA) is 115 Å². The van der Waals surface area contributed by atoms with Crippen molar-refractivity contribution in [2.45, 2.75) is 32.4 Å². The number of hydrogen-bond acceptors (Lipinski definition) is 8. The number of rotatable bonds is 9. The third-order valence-corrected chi connectivity index (χ3v) is 6.81. The van der Waals surface area contributed by atoms with Crippen molar-refractivity contribution in [1.29, 1.82) is 0 Å². The number of ether oxygens (including phenoxy) is 4. The molecule has 0 radical (unpaired) electrons. The number of hydrogen-bond donors (Lipinski definition) is 2. The molecule has 3 aromatic rings. The van der Waals surface area contributed by atoms with Gasteiger partial charge in [-0.15, -0.1) is 11.3 Å². The van der Waals surface area contributed by atoms with Crippen molar-refractivity contribution in [2.24, 2.45) is 0 Å². The SMILES string of the molecule is COc1ccc(C(C(=O)NC(C)(C)C)N(C(=O)CNC(=O)c2cccs2)c2ccc3c(c2)OCCO3)cc1OC. The lowest BCUT2D eigenvalue weighted by Crippen LogP contribution is -2.51. The second-order valence-corrected chi connectivity index (χ2v) is 11.0. The number of carbonyl (C=O) groups excluding carboxylic acids is 3. The van der Waals surface area contributed by atoms with Crippen LogP contribution in [0.3, 0.4) is 0 Å². The quantitative estimate of drug-likeness (QED) is 0.402. The van der Waals surface area contributed by atoms with E-state index in [9.17, 15) is 14.4 Å². The Labute approximate surface area is 237 Å². The maximum atomic E-state index is 14.0. The fourth-order valence-electron chi connectivity index (χ4n) is 4.23. The zero-order valence-electron chi connectivity index (χ0n) is 23.1. The molecule has 1 unspecified atom stereocenters.